The maximum absolute atomic E-state index is 13.2. The molecule has 1 rings (SSSR count). The lowest BCUT2D eigenvalue weighted by molar-refractivity contribution is -0.145. The Hall–Kier alpha value is -1.20. The molecular formula is C16H26NO5P. The molecular weight excluding hydrogens is 317 g/mol. The van der Waals surface area contributed by atoms with Gasteiger partial charge in [-0.3, -0.25) is 14.7 Å². The van der Waals surface area contributed by atoms with Crippen LogP contribution in [0.25, 0.3) is 0 Å². The third kappa shape index (κ3) is 5.74. The van der Waals surface area contributed by atoms with Crippen LogP contribution in [0.15, 0.2) is 30.3 Å². The molecule has 0 saturated carbocycles. The van der Waals surface area contributed by atoms with Gasteiger partial charge in [0.1, 0.15) is 11.8 Å². The van der Waals surface area contributed by atoms with E-state index in [4.69, 9.17) is 13.8 Å². The Labute approximate surface area is 138 Å². The van der Waals surface area contributed by atoms with E-state index in [1.165, 1.54) is 0 Å². The molecule has 0 aliphatic rings. The maximum atomic E-state index is 13.2. The third-order valence-electron chi connectivity index (χ3n) is 3.10. The van der Waals surface area contributed by atoms with Gasteiger partial charge in [-0.1, -0.05) is 30.3 Å². The monoisotopic (exact) mass is 343 g/mol. The summed E-state index contributed by atoms with van der Waals surface area (Å²) < 4.78 is 29.1. The summed E-state index contributed by atoms with van der Waals surface area (Å²) >= 11 is 0. The smallest absolute Gasteiger partial charge is 0.351 e. The second kappa shape index (κ2) is 9.83. The minimum Gasteiger partial charge on any atom is -0.465 e. The predicted octanol–water partition coefficient (Wildman–Crippen LogP) is 3.49. The first-order chi connectivity index (χ1) is 11.0. The highest BCUT2D eigenvalue weighted by Gasteiger charge is 2.38. The Bertz CT molecular complexity index is 512. The third-order valence-corrected chi connectivity index (χ3v) is 5.41. The van der Waals surface area contributed by atoms with Gasteiger partial charge in [-0.15, -0.1) is 0 Å². The number of carbonyl (C=O) groups excluding carboxylic acids is 1. The number of rotatable bonds is 10. The van der Waals surface area contributed by atoms with Gasteiger partial charge in [-0.25, -0.2) is 0 Å². The molecule has 0 aliphatic heterocycles. The van der Waals surface area contributed by atoms with Gasteiger partial charge >= 0.3 is 13.6 Å². The van der Waals surface area contributed by atoms with Crippen LogP contribution in [0.4, 0.5) is 0 Å². The van der Waals surface area contributed by atoms with Crippen LogP contribution in [0.2, 0.25) is 0 Å². The summed E-state index contributed by atoms with van der Waals surface area (Å²) in [5.74, 6) is -1.16. The highest BCUT2D eigenvalue weighted by Crippen LogP contribution is 2.59. The average molecular weight is 343 g/mol. The van der Waals surface area contributed by atoms with Crippen molar-refractivity contribution in [1.29, 1.82) is 0 Å². The van der Waals surface area contributed by atoms with Crippen LogP contribution in [0.1, 0.15) is 39.0 Å². The van der Waals surface area contributed by atoms with Crippen LogP contribution in [-0.2, 0) is 23.1 Å². The SMILES string of the molecule is CCOC(=O)[C@H](C)NC(c1ccccc1)P(=O)(OCC)OCC. The number of hydrogen-bond acceptors (Lipinski definition) is 6. The molecule has 1 N–H and O–H groups in total. The zero-order valence-electron chi connectivity index (χ0n) is 14.2. The molecule has 0 amide bonds. The Kier molecular flexibility index (Phi) is 8.48. The molecule has 23 heavy (non-hydrogen) atoms. The molecule has 2 atom stereocenters. The van der Waals surface area contributed by atoms with Crippen LogP contribution in [0.5, 0.6) is 0 Å². The van der Waals surface area contributed by atoms with E-state index in [0.29, 0.717) is 0 Å². The van der Waals surface area contributed by atoms with E-state index in [1.54, 1.807) is 27.7 Å². The Morgan fingerprint density at radius 2 is 1.65 bits per heavy atom. The van der Waals surface area contributed by atoms with E-state index in [-0.39, 0.29) is 19.8 Å². The molecule has 0 spiro atoms. The summed E-state index contributed by atoms with van der Waals surface area (Å²) in [6.45, 7) is 7.69. The molecule has 7 heteroatoms. The standard InChI is InChI=1S/C16H26NO5P/c1-5-20-16(18)13(4)17-15(14-11-9-8-10-12-14)23(19,21-6-2)22-7-3/h8-13,15,17H,5-7H2,1-4H3/t13-,15?/m0/s1. The van der Waals surface area contributed by atoms with Gasteiger partial charge in [0.2, 0.25) is 0 Å². The predicted molar refractivity (Wildman–Crippen MR) is 89.3 cm³/mol. The fourth-order valence-electron chi connectivity index (χ4n) is 2.12. The normalized spacial score (nSPS) is 14.3. The number of ether oxygens (including phenoxy) is 1. The highest BCUT2D eigenvalue weighted by molar-refractivity contribution is 7.54. The van der Waals surface area contributed by atoms with E-state index in [9.17, 15) is 9.36 Å². The first-order valence-corrected chi connectivity index (χ1v) is 9.46. The number of esters is 1. The molecule has 0 heterocycles. The minimum atomic E-state index is -3.48. The molecule has 0 fully saturated rings. The molecule has 1 unspecified atom stereocenters. The van der Waals surface area contributed by atoms with Crippen molar-refractivity contribution in [2.24, 2.45) is 0 Å². The summed E-state index contributed by atoms with van der Waals surface area (Å²) in [4.78, 5) is 11.9. The van der Waals surface area contributed by atoms with Crippen molar-refractivity contribution in [3.63, 3.8) is 0 Å². The van der Waals surface area contributed by atoms with E-state index >= 15 is 0 Å². The highest BCUT2D eigenvalue weighted by atomic mass is 31.2. The lowest BCUT2D eigenvalue weighted by Crippen LogP contribution is -2.38. The molecule has 0 aliphatic carbocycles. The van der Waals surface area contributed by atoms with Crippen molar-refractivity contribution in [3.05, 3.63) is 35.9 Å². The zero-order chi connectivity index (χ0) is 17.3. The fraction of sp³-hybridized carbons (Fsp3) is 0.562. The summed E-state index contributed by atoms with van der Waals surface area (Å²) in [5, 5.41) is 3.04. The summed E-state index contributed by atoms with van der Waals surface area (Å²) in [6, 6.07) is 8.53. The largest absolute Gasteiger partial charge is 0.465 e. The van der Waals surface area contributed by atoms with Gasteiger partial charge < -0.3 is 13.8 Å². The van der Waals surface area contributed by atoms with Gasteiger partial charge in [0.05, 0.1) is 19.8 Å². The molecule has 1 aromatic carbocycles. The topological polar surface area (TPSA) is 73.9 Å². The summed E-state index contributed by atoms with van der Waals surface area (Å²) in [5.41, 5.74) is 0.730. The van der Waals surface area contributed by atoms with E-state index < -0.39 is 25.4 Å². The lowest BCUT2D eigenvalue weighted by atomic mass is 10.2. The number of nitrogens with one attached hydrogen (secondary N) is 1. The first-order valence-electron chi connectivity index (χ1n) is 7.84. The molecule has 0 aromatic heterocycles. The lowest BCUT2D eigenvalue weighted by Gasteiger charge is -2.29. The van der Waals surface area contributed by atoms with Gasteiger partial charge in [0, 0.05) is 0 Å². The van der Waals surface area contributed by atoms with Crippen molar-refractivity contribution in [1.82, 2.24) is 5.32 Å². The van der Waals surface area contributed by atoms with E-state index in [2.05, 4.69) is 5.32 Å². The van der Waals surface area contributed by atoms with E-state index in [1.807, 2.05) is 30.3 Å². The van der Waals surface area contributed by atoms with Gasteiger partial charge in [0.25, 0.3) is 0 Å². The molecule has 1 aromatic rings. The van der Waals surface area contributed by atoms with Gasteiger partial charge in [-0.05, 0) is 33.3 Å². The van der Waals surface area contributed by atoms with Crippen molar-refractivity contribution in [2.75, 3.05) is 19.8 Å². The van der Waals surface area contributed by atoms with Crippen molar-refractivity contribution < 1.29 is 23.1 Å². The minimum absolute atomic E-state index is 0.246. The van der Waals surface area contributed by atoms with Gasteiger partial charge in [0.15, 0.2) is 0 Å². The second-order valence-corrected chi connectivity index (χ2v) is 6.94. The van der Waals surface area contributed by atoms with Gasteiger partial charge in [-0.2, -0.15) is 0 Å². The van der Waals surface area contributed by atoms with Crippen LogP contribution < -0.4 is 5.32 Å². The Balaban J connectivity index is 3.11. The fourth-order valence-corrected chi connectivity index (χ4v) is 4.16. The number of benzene rings is 1. The molecule has 6 nitrogen and oxygen atoms in total. The van der Waals surface area contributed by atoms with Crippen LogP contribution in [-0.4, -0.2) is 31.8 Å². The molecule has 0 radical (unpaired) electrons. The summed E-state index contributed by atoms with van der Waals surface area (Å²) in [6.07, 6.45) is 0. The van der Waals surface area contributed by atoms with E-state index in [0.717, 1.165) is 5.56 Å². The first kappa shape index (κ1) is 19.8. The zero-order valence-corrected chi connectivity index (χ0v) is 15.0. The maximum Gasteiger partial charge on any atom is 0.351 e. The number of hydrogen-bond donors (Lipinski definition) is 1. The Morgan fingerprint density at radius 3 is 2.13 bits per heavy atom. The van der Waals surface area contributed by atoms with Crippen LogP contribution in [0, 0.1) is 0 Å². The second-order valence-electron chi connectivity index (χ2n) is 4.83. The average Bonchev–Trinajstić information content (AvgIpc) is 2.53. The van der Waals surface area contributed by atoms with Crippen molar-refractivity contribution >= 4 is 13.6 Å². The van der Waals surface area contributed by atoms with Crippen LogP contribution in [0.3, 0.4) is 0 Å². The number of carbonyl (C=O) groups is 1. The van der Waals surface area contributed by atoms with Crippen molar-refractivity contribution in [2.45, 2.75) is 39.5 Å². The van der Waals surface area contributed by atoms with Crippen molar-refractivity contribution in [3.8, 4) is 0 Å². The molecule has 130 valence electrons. The van der Waals surface area contributed by atoms with Crippen LogP contribution >= 0.6 is 7.60 Å². The quantitative estimate of drug-likeness (QED) is 0.518. The summed E-state index contributed by atoms with van der Waals surface area (Å²) in [7, 11) is -3.48. The Morgan fingerprint density at radius 1 is 1.09 bits per heavy atom. The molecule has 0 saturated heterocycles. The molecule has 0 bridgehead atoms.